The number of nitro benzene ring substituents is 1. The fourth-order valence-corrected chi connectivity index (χ4v) is 6.02. The lowest BCUT2D eigenvalue weighted by Crippen LogP contribution is -2.71. The van der Waals surface area contributed by atoms with Crippen LogP contribution in [-0.4, -0.2) is 55.7 Å². The van der Waals surface area contributed by atoms with Gasteiger partial charge in [-0.3, -0.25) is 19.7 Å². The molecule has 0 radical (unpaired) electrons. The summed E-state index contributed by atoms with van der Waals surface area (Å²) in [6, 6.07) is 13.2. The molecule has 11 heteroatoms. The molecule has 178 valence electrons. The predicted octanol–water partition coefficient (Wildman–Crippen LogP) is 2.65. The molecular formula is C23H22ClN3O6S. The van der Waals surface area contributed by atoms with E-state index >= 15 is 0 Å². The van der Waals surface area contributed by atoms with Crippen LogP contribution in [0.1, 0.15) is 18.1 Å². The van der Waals surface area contributed by atoms with E-state index in [1.807, 2.05) is 30.3 Å². The summed E-state index contributed by atoms with van der Waals surface area (Å²) in [6.45, 7) is 1.69. The second-order valence-corrected chi connectivity index (χ2v) is 10.3. The first-order valence-corrected chi connectivity index (χ1v) is 11.9. The number of nitro groups is 1. The average Bonchev–Trinajstić information content (AvgIpc) is 3.12. The van der Waals surface area contributed by atoms with Gasteiger partial charge in [0.15, 0.2) is 0 Å². The SMILES string of the molecule is CC1(CCl)SC2C(NC(=O)Cc3ccccc3)C(=O)N2C1C(=O)OCc1ccc([N+](=O)[O-])cc1. The number of halogens is 1. The van der Waals surface area contributed by atoms with Gasteiger partial charge in [-0.25, -0.2) is 4.79 Å². The summed E-state index contributed by atoms with van der Waals surface area (Å²) in [4.78, 5) is 50.1. The van der Waals surface area contributed by atoms with Crippen molar-refractivity contribution < 1.29 is 24.0 Å². The third kappa shape index (κ3) is 4.60. The zero-order valence-electron chi connectivity index (χ0n) is 18.2. The predicted molar refractivity (Wildman–Crippen MR) is 126 cm³/mol. The standard InChI is InChI=1S/C23H22ClN3O6S/c1-23(13-24)19(22(30)33-12-15-7-9-16(10-8-15)27(31)32)26-20(29)18(21(26)34-23)25-17(28)11-14-5-3-2-4-6-14/h2-10,18-19,21H,11-13H2,1H3,(H,25,28). The minimum Gasteiger partial charge on any atom is -0.459 e. The summed E-state index contributed by atoms with van der Waals surface area (Å²) in [5.41, 5.74) is 1.35. The average molecular weight is 504 g/mol. The molecule has 0 saturated carbocycles. The number of carbonyl (C=O) groups is 3. The molecule has 2 heterocycles. The van der Waals surface area contributed by atoms with Gasteiger partial charge >= 0.3 is 5.97 Å². The number of β-lactam (4-membered cyclic amide) rings is 1. The van der Waals surface area contributed by atoms with Crippen molar-refractivity contribution in [2.45, 2.75) is 42.2 Å². The molecule has 2 amide bonds. The van der Waals surface area contributed by atoms with E-state index < -0.39 is 33.1 Å². The highest BCUT2D eigenvalue weighted by atomic mass is 35.5. The van der Waals surface area contributed by atoms with E-state index in [-0.39, 0.29) is 36.4 Å². The third-order valence-electron chi connectivity index (χ3n) is 5.87. The van der Waals surface area contributed by atoms with Gasteiger partial charge in [-0.1, -0.05) is 30.3 Å². The summed E-state index contributed by atoms with van der Waals surface area (Å²) >= 11 is 7.57. The van der Waals surface area contributed by atoms with Crippen LogP contribution in [0.25, 0.3) is 0 Å². The van der Waals surface area contributed by atoms with Gasteiger partial charge in [-0.2, -0.15) is 0 Å². The molecule has 2 aliphatic heterocycles. The number of fused-ring (bicyclic) bond motifs is 1. The third-order valence-corrected chi connectivity index (χ3v) is 8.23. The first-order valence-electron chi connectivity index (χ1n) is 10.5. The van der Waals surface area contributed by atoms with E-state index in [9.17, 15) is 24.5 Å². The quantitative estimate of drug-likeness (QED) is 0.193. The number of hydrogen-bond acceptors (Lipinski definition) is 7. The molecule has 0 aliphatic carbocycles. The molecule has 2 aromatic rings. The Morgan fingerprint density at radius 1 is 1.18 bits per heavy atom. The molecule has 0 aromatic heterocycles. The van der Waals surface area contributed by atoms with Crippen molar-refractivity contribution in [3.8, 4) is 0 Å². The second kappa shape index (κ2) is 9.63. The van der Waals surface area contributed by atoms with Crippen molar-refractivity contribution in [3.63, 3.8) is 0 Å². The van der Waals surface area contributed by atoms with Gasteiger partial charge in [-0.05, 0) is 30.2 Å². The lowest BCUT2D eigenvalue weighted by Gasteiger charge is -2.44. The number of rotatable bonds is 8. The monoisotopic (exact) mass is 503 g/mol. The minimum absolute atomic E-state index is 0.0636. The van der Waals surface area contributed by atoms with Crippen molar-refractivity contribution in [1.29, 1.82) is 0 Å². The second-order valence-electron chi connectivity index (χ2n) is 8.34. The number of nitrogens with one attached hydrogen (secondary N) is 1. The van der Waals surface area contributed by atoms with E-state index in [4.69, 9.17) is 16.3 Å². The van der Waals surface area contributed by atoms with Crippen molar-refractivity contribution in [1.82, 2.24) is 10.2 Å². The Morgan fingerprint density at radius 2 is 1.85 bits per heavy atom. The lowest BCUT2D eigenvalue weighted by atomic mass is 9.95. The molecule has 0 bridgehead atoms. The smallest absolute Gasteiger partial charge is 0.330 e. The summed E-state index contributed by atoms with van der Waals surface area (Å²) in [6.07, 6.45) is 0.148. The highest BCUT2D eigenvalue weighted by Crippen LogP contribution is 2.51. The van der Waals surface area contributed by atoms with Crippen LogP contribution in [0.3, 0.4) is 0 Å². The molecule has 2 saturated heterocycles. The number of nitrogens with zero attached hydrogens (tertiary/aromatic N) is 2. The van der Waals surface area contributed by atoms with Crippen LogP contribution in [-0.2, 0) is 32.1 Å². The normalized spacial score (nSPS) is 25.3. The van der Waals surface area contributed by atoms with Crippen molar-refractivity contribution in [3.05, 3.63) is 75.8 Å². The number of benzene rings is 2. The van der Waals surface area contributed by atoms with Crippen LogP contribution in [0.2, 0.25) is 0 Å². The van der Waals surface area contributed by atoms with Crippen LogP contribution in [0.15, 0.2) is 54.6 Å². The number of alkyl halides is 1. The Labute approximate surface area is 204 Å². The van der Waals surface area contributed by atoms with Gasteiger partial charge in [0.05, 0.1) is 16.1 Å². The number of carbonyl (C=O) groups excluding carboxylic acids is 3. The Hall–Kier alpha value is -3.11. The molecule has 9 nitrogen and oxygen atoms in total. The summed E-state index contributed by atoms with van der Waals surface area (Å²) in [5.74, 6) is -1.15. The van der Waals surface area contributed by atoms with E-state index in [1.54, 1.807) is 6.92 Å². The van der Waals surface area contributed by atoms with Gasteiger partial charge in [0, 0.05) is 18.0 Å². The molecule has 0 spiro atoms. The zero-order valence-corrected chi connectivity index (χ0v) is 19.8. The maximum atomic E-state index is 13.0. The van der Waals surface area contributed by atoms with Crippen molar-refractivity contribution in [2.24, 2.45) is 0 Å². The molecule has 34 heavy (non-hydrogen) atoms. The maximum absolute atomic E-state index is 13.0. The van der Waals surface area contributed by atoms with E-state index in [2.05, 4.69) is 5.32 Å². The molecule has 4 unspecified atom stereocenters. The first-order chi connectivity index (χ1) is 16.2. The van der Waals surface area contributed by atoms with Crippen LogP contribution < -0.4 is 5.32 Å². The molecule has 4 atom stereocenters. The Morgan fingerprint density at radius 3 is 2.47 bits per heavy atom. The number of hydrogen-bond donors (Lipinski definition) is 1. The minimum atomic E-state index is -0.909. The van der Waals surface area contributed by atoms with Crippen molar-refractivity contribution in [2.75, 3.05) is 5.88 Å². The van der Waals surface area contributed by atoms with Crippen LogP contribution >= 0.6 is 23.4 Å². The Balaban J connectivity index is 1.40. The summed E-state index contributed by atoms with van der Waals surface area (Å²) < 4.78 is 4.65. The molecule has 2 aliphatic rings. The van der Waals surface area contributed by atoms with E-state index in [0.717, 1.165) is 5.56 Å². The largest absolute Gasteiger partial charge is 0.459 e. The van der Waals surface area contributed by atoms with Gasteiger partial charge in [0.25, 0.3) is 5.69 Å². The van der Waals surface area contributed by atoms with Crippen LogP contribution in [0.4, 0.5) is 5.69 Å². The highest BCUT2D eigenvalue weighted by Gasteiger charge is 2.65. The molecule has 2 aromatic carbocycles. The maximum Gasteiger partial charge on any atom is 0.330 e. The Bertz CT molecular complexity index is 1120. The molecule has 1 N–H and O–H groups in total. The molecule has 2 fully saturated rings. The van der Waals surface area contributed by atoms with Crippen molar-refractivity contribution >= 4 is 46.8 Å². The Kier molecular flexibility index (Phi) is 6.81. The van der Waals surface area contributed by atoms with Gasteiger partial charge in [0.1, 0.15) is 24.1 Å². The topological polar surface area (TPSA) is 119 Å². The van der Waals surface area contributed by atoms with E-state index in [0.29, 0.717) is 5.56 Å². The number of non-ortho nitro benzene ring substituents is 1. The first kappa shape index (κ1) is 24.0. The lowest BCUT2D eigenvalue weighted by molar-refractivity contribution is -0.384. The highest BCUT2D eigenvalue weighted by molar-refractivity contribution is 8.01. The van der Waals surface area contributed by atoms with Gasteiger partial charge in [0.2, 0.25) is 11.8 Å². The van der Waals surface area contributed by atoms with Crippen LogP contribution in [0.5, 0.6) is 0 Å². The van der Waals surface area contributed by atoms with Gasteiger partial charge < -0.3 is 15.0 Å². The number of esters is 1. The molecular weight excluding hydrogens is 482 g/mol. The van der Waals surface area contributed by atoms with Crippen LogP contribution in [0, 0.1) is 10.1 Å². The number of amides is 2. The number of thioether (sulfide) groups is 1. The summed E-state index contributed by atoms with van der Waals surface area (Å²) in [5, 5.41) is 13.1. The molecule has 4 rings (SSSR count). The summed E-state index contributed by atoms with van der Waals surface area (Å²) in [7, 11) is 0. The van der Waals surface area contributed by atoms with Gasteiger partial charge in [-0.15, -0.1) is 23.4 Å². The number of ether oxygens (including phenoxy) is 1. The zero-order chi connectivity index (χ0) is 24.5. The fraction of sp³-hybridized carbons (Fsp3) is 0.348. The fourth-order valence-electron chi connectivity index (χ4n) is 4.07. The van der Waals surface area contributed by atoms with E-state index in [1.165, 1.54) is 40.9 Å².